The van der Waals surface area contributed by atoms with Crippen LogP contribution in [0.15, 0.2) is 27.5 Å². The Morgan fingerprint density at radius 3 is 2.30 bits per heavy atom. The normalized spacial score (nSPS) is 15.3. The van der Waals surface area contributed by atoms with Crippen LogP contribution in [0.4, 0.5) is 0 Å². The van der Waals surface area contributed by atoms with Crippen LogP contribution >= 0.6 is 23.2 Å². The topological polar surface area (TPSA) is 97.1 Å². The third-order valence-electron chi connectivity index (χ3n) is 4.90. The van der Waals surface area contributed by atoms with Crippen molar-refractivity contribution in [2.75, 3.05) is 33.3 Å². The maximum absolute atomic E-state index is 13.2. The van der Waals surface area contributed by atoms with E-state index < -0.39 is 16.0 Å². The van der Waals surface area contributed by atoms with E-state index in [2.05, 4.69) is 0 Å². The number of methoxy groups -OCH3 is 1. The van der Waals surface area contributed by atoms with E-state index in [0.717, 1.165) is 0 Å². The predicted octanol–water partition coefficient (Wildman–Crippen LogP) is 3.14. The van der Waals surface area contributed by atoms with E-state index in [9.17, 15) is 18.0 Å². The number of piperazine rings is 1. The number of nitrogens with zero attached hydrogens (tertiary/aromatic N) is 2. The van der Waals surface area contributed by atoms with E-state index in [1.54, 1.807) is 18.2 Å². The summed E-state index contributed by atoms with van der Waals surface area (Å²) in [5.41, 5.74) is 0.147. The lowest BCUT2D eigenvalue weighted by Crippen LogP contribution is -2.50. The largest absolute Gasteiger partial charge is 0.465 e. The summed E-state index contributed by atoms with van der Waals surface area (Å²) in [5.74, 6) is -0.836. The van der Waals surface area contributed by atoms with Crippen molar-refractivity contribution in [1.82, 2.24) is 9.21 Å². The van der Waals surface area contributed by atoms with Gasteiger partial charge in [0.15, 0.2) is 0 Å². The fourth-order valence-electron chi connectivity index (χ4n) is 3.41. The lowest BCUT2D eigenvalue weighted by Gasteiger charge is -2.34. The van der Waals surface area contributed by atoms with Crippen LogP contribution < -0.4 is 0 Å². The third kappa shape index (κ3) is 3.94. The van der Waals surface area contributed by atoms with Gasteiger partial charge in [0.05, 0.1) is 22.7 Å². The number of amides is 1. The Bertz CT molecular complexity index is 1100. The molecule has 0 aliphatic carbocycles. The molecule has 8 nitrogen and oxygen atoms in total. The number of esters is 1. The molecule has 1 aromatic heterocycles. The number of hydrogen-bond donors (Lipinski definition) is 0. The number of aryl methyl sites for hydroxylation is 2. The summed E-state index contributed by atoms with van der Waals surface area (Å²) in [4.78, 5) is 26.2. The van der Waals surface area contributed by atoms with Gasteiger partial charge in [-0.25, -0.2) is 13.2 Å². The zero-order chi connectivity index (χ0) is 22.2. The van der Waals surface area contributed by atoms with Gasteiger partial charge in [0, 0.05) is 26.2 Å². The maximum atomic E-state index is 13.2. The molecule has 11 heteroatoms. The van der Waals surface area contributed by atoms with Gasteiger partial charge in [-0.3, -0.25) is 4.79 Å². The molecule has 0 radical (unpaired) electrons. The fourth-order valence-corrected chi connectivity index (χ4v) is 5.59. The van der Waals surface area contributed by atoms with Gasteiger partial charge in [0.1, 0.15) is 22.0 Å². The standard InChI is InChI=1S/C19H20Cl2N2O6S/c1-11-15(19(25)28-3)17(12(2)29-11)30(26,27)23-9-7-22(8-10-23)18(24)13-5-4-6-14(20)16(13)21/h4-6H,7-10H2,1-3H3. The maximum Gasteiger partial charge on any atom is 0.342 e. The Balaban J connectivity index is 1.82. The number of furan rings is 1. The molecular formula is C19H20Cl2N2O6S. The molecule has 162 valence electrons. The highest BCUT2D eigenvalue weighted by Gasteiger charge is 2.37. The van der Waals surface area contributed by atoms with Gasteiger partial charge in [-0.2, -0.15) is 4.31 Å². The SMILES string of the molecule is COC(=O)c1c(C)oc(C)c1S(=O)(=O)N1CCN(C(=O)c2cccc(Cl)c2Cl)CC1. The lowest BCUT2D eigenvalue weighted by atomic mass is 10.2. The first kappa shape index (κ1) is 22.6. The molecule has 2 heterocycles. The number of carbonyl (C=O) groups excluding carboxylic acids is 2. The van der Waals surface area contributed by atoms with Crippen LogP contribution in [-0.4, -0.2) is 62.8 Å². The van der Waals surface area contributed by atoms with Gasteiger partial charge in [-0.1, -0.05) is 29.3 Å². The van der Waals surface area contributed by atoms with E-state index in [1.807, 2.05) is 0 Å². The third-order valence-corrected chi connectivity index (χ3v) is 7.77. The summed E-state index contributed by atoms with van der Waals surface area (Å²) >= 11 is 12.1. The van der Waals surface area contributed by atoms with Crippen molar-refractivity contribution in [1.29, 1.82) is 0 Å². The van der Waals surface area contributed by atoms with E-state index in [1.165, 1.54) is 30.2 Å². The average molecular weight is 475 g/mol. The summed E-state index contributed by atoms with van der Waals surface area (Å²) in [7, 11) is -2.86. The van der Waals surface area contributed by atoms with E-state index in [0.29, 0.717) is 0 Å². The van der Waals surface area contributed by atoms with Gasteiger partial charge in [-0.05, 0) is 26.0 Å². The van der Waals surface area contributed by atoms with Crippen LogP contribution in [0.3, 0.4) is 0 Å². The van der Waals surface area contributed by atoms with Crippen LogP contribution in [0.25, 0.3) is 0 Å². The van der Waals surface area contributed by atoms with Crippen molar-refractivity contribution >= 4 is 45.1 Å². The molecule has 1 aliphatic heterocycles. The van der Waals surface area contributed by atoms with Gasteiger partial charge in [-0.15, -0.1) is 0 Å². The van der Waals surface area contributed by atoms with Crippen molar-refractivity contribution in [3.63, 3.8) is 0 Å². The zero-order valence-corrected chi connectivity index (χ0v) is 18.9. The van der Waals surface area contributed by atoms with Crippen molar-refractivity contribution in [3.05, 3.63) is 50.9 Å². The Morgan fingerprint density at radius 2 is 1.70 bits per heavy atom. The zero-order valence-electron chi connectivity index (χ0n) is 16.6. The number of benzene rings is 1. The second-order valence-electron chi connectivity index (χ2n) is 6.71. The number of hydrogen-bond acceptors (Lipinski definition) is 6. The highest BCUT2D eigenvalue weighted by molar-refractivity contribution is 7.89. The van der Waals surface area contributed by atoms with E-state index in [-0.39, 0.29) is 69.7 Å². The van der Waals surface area contributed by atoms with Crippen molar-refractivity contribution < 1.29 is 27.2 Å². The first-order valence-corrected chi connectivity index (χ1v) is 11.2. The molecule has 0 N–H and O–H groups in total. The monoisotopic (exact) mass is 474 g/mol. The molecule has 0 bridgehead atoms. The van der Waals surface area contributed by atoms with Gasteiger partial charge < -0.3 is 14.1 Å². The Hall–Kier alpha value is -2.07. The fraction of sp³-hybridized carbons (Fsp3) is 0.368. The Morgan fingerprint density at radius 1 is 1.07 bits per heavy atom. The molecule has 2 aromatic rings. The first-order chi connectivity index (χ1) is 14.1. The van der Waals surface area contributed by atoms with Crippen molar-refractivity contribution in [2.24, 2.45) is 0 Å². The molecule has 0 spiro atoms. The Labute approximate surface area is 184 Å². The molecule has 30 heavy (non-hydrogen) atoms. The molecule has 1 amide bonds. The minimum atomic E-state index is -4.03. The van der Waals surface area contributed by atoms with Crippen LogP contribution in [0.5, 0.6) is 0 Å². The molecule has 3 rings (SSSR count). The molecule has 0 saturated carbocycles. The summed E-state index contributed by atoms with van der Waals surface area (Å²) in [6, 6.07) is 4.78. The minimum absolute atomic E-state index is 0.0521. The summed E-state index contributed by atoms with van der Waals surface area (Å²) < 4.78 is 37.8. The number of carbonyl (C=O) groups is 2. The number of rotatable bonds is 4. The van der Waals surface area contributed by atoms with Gasteiger partial charge in [0.25, 0.3) is 5.91 Å². The Kier molecular flexibility index (Phi) is 6.47. The van der Waals surface area contributed by atoms with Crippen LogP contribution in [0, 0.1) is 13.8 Å². The quantitative estimate of drug-likeness (QED) is 0.631. The number of halogens is 2. The average Bonchev–Trinajstić information content (AvgIpc) is 3.03. The van der Waals surface area contributed by atoms with Crippen LogP contribution in [0.1, 0.15) is 32.2 Å². The highest BCUT2D eigenvalue weighted by atomic mass is 35.5. The van der Waals surface area contributed by atoms with Crippen molar-refractivity contribution in [3.8, 4) is 0 Å². The summed E-state index contributed by atoms with van der Waals surface area (Å²) in [5, 5.41) is 0.427. The molecule has 1 aliphatic rings. The lowest BCUT2D eigenvalue weighted by molar-refractivity contribution is 0.0594. The summed E-state index contributed by atoms with van der Waals surface area (Å²) in [6.07, 6.45) is 0. The minimum Gasteiger partial charge on any atom is -0.465 e. The molecule has 0 atom stereocenters. The molecular weight excluding hydrogens is 455 g/mol. The molecule has 1 fully saturated rings. The molecule has 1 saturated heterocycles. The first-order valence-electron chi connectivity index (χ1n) is 9.01. The smallest absolute Gasteiger partial charge is 0.342 e. The van der Waals surface area contributed by atoms with Gasteiger partial charge in [0.2, 0.25) is 10.0 Å². The number of ether oxygens (including phenoxy) is 1. The van der Waals surface area contributed by atoms with Crippen LogP contribution in [-0.2, 0) is 14.8 Å². The predicted molar refractivity (Wildman–Crippen MR) is 111 cm³/mol. The van der Waals surface area contributed by atoms with E-state index >= 15 is 0 Å². The van der Waals surface area contributed by atoms with Gasteiger partial charge >= 0.3 is 5.97 Å². The van der Waals surface area contributed by atoms with Crippen molar-refractivity contribution in [2.45, 2.75) is 18.7 Å². The number of sulfonamides is 1. The molecule has 0 unspecified atom stereocenters. The van der Waals surface area contributed by atoms with Crippen LogP contribution in [0.2, 0.25) is 10.0 Å². The highest BCUT2D eigenvalue weighted by Crippen LogP contribution is 2.31. The van der Waals surface area contributed by atoms with E-state index in [4.69, 9.17) is 32.4 Å². The second kappa shape index (κ2) is 8.58. The summed E-state index contributed by atoms with van der Waals surface area (Å²) in [6.45, 7) is 3.40. The second-order valence-corrected chi connectivity index (χ2v) is 9.37. The molecule has 1 aromatic carbocycles.